The summed E-state index contributed by atoms with van der Waals surface area (Å²) >= 11 is 0. The summed E-state index contributed by atoms with van der Waals surface area (Å²) in [6.07, 6.45) is 87.0. The fourth-order valence-electron chi connectivity index (χ4n) is 9.18. The molecular formula is C71H122O6. The molecule has 442 valence electrons. The van der Waals surface area contributed by atoms with E-state index in [1.54, 1.807) is 0 Å². The molecule has 0 aliphatic rings. The lowest BCUT2D eigenvalue weighted by molar-refractivity contribution is -0.167. The minimum Gasteiger partial charge on any atom is -0.462 e. The van der Waals surface area contributed by atoms with Crippen molar-refractivity contribution in [3.05, 3.63) is 97.2 Å². The van der Waals surface area contributed by atoms with Gasteiger partial charge in [-0.15, -0.1) is 0 Å². The van der Waals surface area contributed by atoms with E-state index in [1.807, 2.05) is 0 Å². The van der Waals surface area contributed by atoms with Crippen LogP contribution in [0.5, 0.6) is 0 Å². The number of esters is 3. The fourth-order valence-corrected chi connectivity index (χ4v) is 9.18. The normalized spacial score (nSPS) is 12.7. The highest BCUT2D eigenvalue weighted by molar-refractivity contribution is 5.71. The number of hydrogen-bond acceptors (Lipinski definition) is 6. The molecule has 1 unspecified atom stereocenters. The van der Waals surface area contributed by atoms with Gasteiger partial charge in [-0.25, -0.2) is 0 Å². The smallest absolute Gasteiger partial charge is 0.306 e. The van der Waals surface area contributed by atoms with Crippen LogP contribution >= 0.6 is 0 Å². The summed E-state index contributed by atoms with van der Waals surface area (Å²) in [5, 5.41) is 0. The molecule has 0 aromatic heterocycles. The average molecular weight is 1070 g/mol. The summed E-state index contributed by atoms with van der Waals surface area (Å²) in [6.45, 7) is 6.52. The molecule has 1 atom stereocenters. The van der Waals surface area contributed by atoms with E-state index in [-0.39, 0.29) is 31.1 Å². The topological polar surface area (TPSA) is 78.9 Å². The van der Waals surface area contributed by atoms with Gasteiger partial charge in [0, 0.05) is 19.3 Å². The van der Waals surface area contributed by atoms with Crippen LogP contribution < -0.4 is 0 Å². The van der Waals surface area contributed by atoms with Gasteiger partial charge in [0.25, 0.3) is 0 Å². The SMILES string of the molecule is CC/C=C\C/C=C\C/C=C\C/C=C\C/C=C\C/C=C\CCCCCCCCCCCCC(=O)OCC(COC(=O)CCCCCCCCCCCCCCCC)OC(=O)CCCCCCC/C=C\C/C=C\CCCCCC. The van der Waals surface area contributed by atoms with Crippen molar-refractivity contribution in [2.24, 2.45) is 0 Å². The first-order valence-corrected chi connectivity index (χ1v) is 32.7. The third kappa shape index (κ3) is 63.0. The largest absolute Gasteiger partial charge is 0.462 e. The van der Waals surface area contributed by atoms with Crippen molar-refractivity contribution in [1.82, 2.24) is 0 Å². The number of rotatable bonds is 59. The molecule has 0 aliphatic carbocycles. The molecule has 0 aromatic carbocycles. The summed E-state index contributed by atoms with van der Waals surface area (Å²) in [5.41, 5.74) is 0. The maximum absolute atomic E-state index is 12.9. The molecule has 0 saturated heterocycles. The first-order chi connectivity index (χ1) is 38.0. The highest BCUT2D eigenvalue weighted by atomic mass is 16.6. The molecule has 6 nitrogen and oxygen atoms in total. The van der Waals surface area contributed by atoms with Gasteiger partial charge in [0.15, 0.2) is 6.10 Å². The Hall–Kier alpha value is -3.67. The van der Waals surface area contributed by atoms with Crippen molar-refractivity contribution in [3.8, 4) is 0 Å². The first-order valence-electron chi connectivity index (χ1n) is 32.7. The first kappa shape index (κ1) is 73.3. The molecule has 0 N–H and O–H groups in total. The summed E-state index contributed by atoms with van der Waals surface area (Å²) in [4.78, 5) is 38.3. The molecule has 0 aromatic rings. The van der Waals surface area contributed by atoms with Crippen LogP contribution in [0.2, 0.25) is 0 Å². The minimum absolute atomic E-state index is 0.0811. The summed E-state index contributed by atoms with van der Waals surface area (Å²) < 4.78 is 16.9. The minimum atomic E-state index is -0.786. The second-order valence-corrected chi connectivity index (χ2v) is 21.6. The van der Waals surface area contributed by atoms with Gasteiger partial charge in [-0.2, -0.15) is 0 Å². The molecule has 0 saturated carbocycles. The number of unbranched alkanes of at least 4 members (excludes halogenated alkanes) is 32. The molecule has 0 aliphatic heterocycles. The quantitative estimate of drug-likeness (QED) is 0.0261. The second-order valence-electron chi connectivity index (χ2n) is 21.6. The van der Waals surface area contributed by atoms with Crippen LogP contribution in [0.25, 0.3) is 0 Å². The summed E-state index contributed by atoms with van der Waals surface area (Å²) in [7, 11) is 0. The van der Waals surface area contributed by atoms with Gasteiger partial charge in [0.05, 0.1) is 0 Å². The number of ether oxygens (including phenoxy) is 3. The van der Waals surface area contributed by atoms with Crippen molar-refractivity contribution in [1.29, 1.82) is 0 Å². The average Bonchev–Trinajstić information content (AvgIpc) is 3.43. The van der Waals surface area contributed by atoms with Crippen molar-refractivity contribution in [3.63, 3.8) is 0 Å². The van der Waals surface area contributed by atoms with E-state index >= 15 is 0 Å². The third-order valence-electron chi connectivity index (χ3n) is 14.1. The number of hydrogen-bond donors (Lipinski definition) is 0. The molecule has 77 heavy (non-hydrogen) atoms. The Morgan fingerprint density at radius 2 is 0.506 bits per heavy atom. The van der Waals surface area contributed by atoms with Gasteiger partial charge in [-0.05, 0) is 103 Å². The monoisotopic (exact) mass is 1070 g/mol. The van der Waals surface area contributed by atoms with Crippen LogP contribution in [0.4, 0.5) is 0 Å². The Labute approximate surface area is 477 Å². The Kier molecular flexibility index (Phi) is 61.8. The van der Waals surface area contributed by atoms with E-state index in [4.69, 9.17) is 14.2 Å². The Morgan fingerprint density at radius 3 is 0.805 bits per heavy atom. The van der Waals surface area contributed by atoms with Crippen molar-refractivity contribution in [2.75, 3.05) is 13.2 Å². The van der Waals surface area contributed by atoms with Crippen LogP contribution in [-0.4, -0.2) is 37.2 Å². The van der Waals surface area contributed by atoms with Gasteiger partial charge >= 0.3 is 17.9 Å². The zero-order chi connectivity index (χ0) is 55.7. The number of allylic oxidation sites excluding steroid dienone is 16. The zero-order valence-corrected chi connectivity index (χ0v) is 50.7. The molecule has 0 fully saturated rings. The van der Waals surface area contributed by atoms with Crippen LogP contribution in [0.15, 0.2) is 97.2 Å². The van der Waals surface area contributed by atoms with Gasteiger partial charge in [-0.3, -0.25) is 14.4 Å². The fraction of sp³-hybridized carbons (Fsp3) is 0.732. The van der Waals surface area contributed by atoms with E-state index < -0.39 is 6.10 Å². The van der Waals surface area contributed by atoms with Crippen molar-refractivity contribution in [2.45, 2.75) is 322 Å². The number of carbonyl (C=O) groups is 3. The van der Waals surface area contributed by atoms with E-state index in [0.717, 1.165) is 122 Å². The molecule has 0 bridgehead atoms. The molecule has 0 amide bonds. The summed E-state index contributed by atoms with van der Waals surface area (Å²) in [5.74, 6) is -0.887. The predicted molar refractivity (Wildman–Crippen MR) is 334 cm³/mol. The number of carbonyl (C=O) groups excluding carboxylic acids is 3. The van der Waals surface area contributed by atoms with Gasteiger partial charge in [0.2, 0.25) is 0 Å². The van der Waals surface area contributed by atoms with Crippen LogP contribution in [0, 0.1) is 0 Å². The van der Waals surface area contributed by atoms with Crippen LogP contribution in [0.1, 0.15) is 316 Å². The Balaban J connectivity index is 4.30. The Bertz CT molecular complexity index is 1510. The molecule has 6 heteroatoms. The van der Waals surface area contributed by atoms with Gasteiger partial charge in [-0.1, -0.05) is 291 Å². The lowest BCUT2D eigenvalue weighted by Gasteiger charge is -2.18. The van der Waals surface area contributed by atoms with E-state index in [9.17, 15) is 14.4 Å². The predicted octanol–water partition coefficient (Wildman–Crippen LogP) is 22.4. The third-order valence-corrected chi connectivity index (χ3v) is 14.1. The second kappa shape index (κ2) is 64.9. The van der Waals surface area contributed by atoms with E-state index in [1.165, 1.54) is 154 Å². The van der Waals surface area contributed by atoms with Crippen molar-refractivity contribution >= 4 is 17.9 Å². The van der Waals surface area contributed by atoms with Gasteiger partial charge < -0.3 is 14.2 Å². The Morgan fingerprint density at radius 1 is 0.273 bits per heavy atom. The highest BCUT2D eigenvalue weighted by Gasteiger charge is 2.19. The van der Waals surface area contributed by atoms with Crippen LogP contribution in [0.3, 0.4) is 0 Å². The molecule has 0 rings (SSSR count). The molecule has 0 radical (unpaired) electrons. The molecular weight excluding hydrogens is 949 g/mol. The standard InChI is InChI=1S/C71H122O6/c1-4-7-10-13-16-19-22-25-28-30-31-32-33-34-35-36-37-38-39-40-41-42-44-46-49-52-55-58-61-64-70(73)76-67-68(66-75-69(72)63-60-57-54-51-48-45-27-24-21-18-15-12-9-6-3)77-71(74)65-62-59-56-53-50-47-43-29-26-23-20-17-14-11-8-5-2/h7,10,16,19-20,23,25,28-29,31-32,34-35,37-38,43,68H,4-6,8-9,11-15,17-18,21-22,24,26-27,30,33,36,39-42,44-67H2,1-3H3/b10-7-,19-16-,23-20-,28-25-,32-31-,35-34-,38-37-,43-29-. The molecule has 0 spiro atoms. The lowest BCUT2D eigenvalue weighted by Crippen LogP contribution is -2.30. The summed E-state index contributed by atoms with van der Waals surface area (Å²) in [6, 6.07) is 0. The maximum Gasteiger partial charge on any atom is 0.306 e. The van der Waals surface area contributed by atoms with Crippen LogP contribution in [-0.2, 0) is 28.6 Å². The van der Waals surface area contributed by atoms with Crippen molar-refractivity contribution < 1.29 is 28.6 Å². The van der Waals surface area contributed by atoms with Gasteiger partial charge in [0.1, 0.15) is 13.2 Å². The zero-order valence-electron chi connectivity index (χ0n) is 50.7. The van der Waals surface area contributed by atoms with E-state index in [0.29, 0.717) is 19.3 Å². The van der Waals surface area contributed by atoms with E-state index in [2.05, 4.69) is 118 Å². The highest BCUT2D eigenvalue weighted by Crippen LogP contribution is 2.16. The lowest BCUT2D eigenvalue weighted by atomic mass is 10.0. The molecule has 0 heterocycles. The maximum atomic E-state index is 12.9.